The Hall–Kier alpha value is -1.38. The highest BCUT2D eigenvalue weighted by Gasteiger charge is 2.26. The van der Waals surface area contributed by atoms with Crippen molar-refractivity contribution in [3.63, 3.8) is 0 Å². The average Bonchev–Trinajstić information content (AvgIpc) is 2.85. The van der Waals surface area contributed by atoms with Crippen molar-refractivity contribution in [2.24, 2.45) is 0 Å². The van der Waals surface area contributed by atoms with Gasteiger partial charge in [-0.1, -0.05) is 0 Å². The Kier molecular flexibility index (Phi) is 1.26. The van der Waals surface area contributed by atoms with Crippen molar-refractivity contribution in [1.29, 1.82) is 0 Å². The first-order chi connectivity index (χ1) is 6.34. The Morgan fingerprint density at radius 2 is 2.31 bits per heavy atom. The molecule has 0 unspecified atom stereocenters. The summed E-state index contributed by atoms with van der Waals surface area (Å²) in [5.74, 6) is 0.751. The Balaban J connectivity index is 2.27. The molecule has 13 heavy (non-hydrogen) atoms. The van der Waals surface area contributed by atoms with Crippen LogP contribution in [0, 0.1) is 6.92 Å². The predicted octanol–water partition coefficient (Wildman–Crippen LogP) is 1.92. The quantitative estimate of drug-likeness (QED) is 0.659. The van der Waals surface area contributed by atoms with Crippen LogP contribution in [0.25, 0.3) is 5.65 Å². The van der Waals surface area contributed by atoms with Gasteiger partial charge in [-0.05, 0) is 31.2 Å². The fraction of sp³-hybridized carbons (Fsp3) is 0.400. The first kappa shape index (κ1) is 7.06. The molecule has 1 fully saturated rings. The summed E-state index contributed by atoms with van der Waals surface area (Å²) in [6, 6.07) is 1.93. The van der Waals surface area contributed by atoms with E-state index in [1.54, 1.807) is 6.20 Å². The number of aryl methyl sites for hydroxylation is 1. The van der Waals surface area contributed by atoms with E-state index in [2.05, 4.69) is 23.2 Å². The number of rotatable bonds is 1. The van der Waals surface area contributed by atoms with E-state index in [9.17, 15) is 0 Å². The van der Waals surface area contributed by atoms with E-state index in [1.807, 2.05) is 10.6 Å². The maximum atomic E-state index is 4.50. The number of aromatic nitrogens is 3. The fourth-order valence-electron chi connectivity index (χ4n) is 1.75. The molecule has 0 radical (unpaired) electrons. The molecule has 0 aromatic carbocycles. The number of nitrogens with zero attached hydrogens (tertiary/aromatic N) is 3. The van der Waals surface area contributed by atoms with Gasteiger partial charge in [0.05, 0.1) is 6.20 Å². The molecule has 3 rings (SSSR count). The highest BCUT2D eigenvalue weighted by Crippen LogP contribution is 2.40. The summed E-state index contributed by atoms with van der Waals surface area (Å²) in [5.41, 5.74) is 3.48. The average molecular weight is 173 g/mol. The van der Waals surface area contributed by atoms with E-state index < -0.39 is 0 Å². The predicted molar refractivity (Wildman–Crippen MR) is 49.7 cm³/mol. The molecule has 66 valence electrons. The van der Waals surface area contributed by atoms with Gasteiger partial charge in [-0.15, -0.1) is 0 Å². The Bertz CT molecular complexity index is 454. The van der Waals surface area contributed by atoms with Crippen LogP contribution < -0.4 is 0 Å². The van der Waals surface area contributed by atoms with Crippen LogP contribution in [0.4, 0.5) is 0 Å². The van der Waals surface area contributed by atoms with Crippen LogP contribution >= 0.6 is 0 Å². The van der Waals surface area contributed by atoms with E-state index in [4.69, 9.17) is 0 Å². The van der Waals surface area contributed by atoms with Crippen LogP contribution in [0.15, 0.2) is 18.5 Å². The Morgan fingerprint density at radius 1 is 1.46 bits per heavy atom. The summed E-state index contributed by atoms with van der Waals surface area (Å²) in [5, 5.41) is 4.18. The van der Waals surface area contributed by atoms with Crippen LogP contribution in [0.2, 0.25) is 0 Å². The number of fused-ring (bicyclic) bond motifs is 1. The molecule has 3 nitrogen and oxygen atoms in total. The summed E-state index contributed by atoms with van der Waals surface area (Å²) in [6.45, 7) is 2.08. The summed E-state index contributed by atoms with van der Waals surface area (Å²) in [7, 11) is 0. The van der Waals surface area contributed by atoms with Gasteiger partial charge < -0.3 is 0 Å². The minimum atomic E-state index is 0.751. The van der Waals surface area contributed by atoms with Crippen LogP contribution in [0.3, 0.4) is 0 Å². The first-order valence-corrected chi connectivity index (χ1v) is 4.65. The molecule has 2 aromatic heterocycles. The second-order valence-corrected chi connectivity index (χ2v) is 3.69. The molecule has 0 N–H and O–H groups in total. The van der Waals surface area contributed by atoms with E-state index in [1.165, 1.54) is 18.4 Å². The minimum absolute atomic E-state index is 0.751. The van der Waals surface area contributed by atoms with Crippen molar-refractivity contribution in [2.75, 3.05) is 0 Å². The molecular formula is C10H11N3. The molecule has 3 heteroatoms. The lowest BCUT2D eigenvalue weighted by molar-refractivity contribution is 0.891. The second-order valence-electron chi connectivity index (χ2n) is 3.69. The van der Waals surface area contributed by atoms with E-state index >= 15 is 0 Å². The summed E-state index contributed by atoms with van der Waals surface area (Å²) >= 11 is 0. The lowest BCUT2D eigenvalue weighted by Gasteiger charge is -2.03. The molecule has 1 aliphatic rings. The maximum absolute atomic E-state index is 4.50. The van der Waals surface area contributed by atoms with Crippen LogP contribution in [-0.2, 0) is 0 Å². The monoisotopic (exact) mass is 173 g/mol. The van der Waals surface area contributed by atoms with Crippen LogP contribution in [0.5, 0.6) is 0 Å². The van der Waals surface area contributed by atoms with Crippen molar-refractivity contribution < 1.29 is 0 Å². The van der Waals surface area contributed by atoms with Crippen molar-refractivity contribution in [3.05, 3.63) is 29.7 Å². The van der Waals surface area contributed by atoms with Gasteiger partial charge in [-0.25, -0.2) is 9.50 Å². The third-order valence-corrected chi connectivity index (χ3v) is 2.63. The largest absolute Gasteiger partial charge is 0.234 e. The van der Waals surface area contributed by atoms with E-state index in [0.29, 0.717) is 0 Å². The van der Waals surface area contributed by atoms with Crippen molar-refractivity contribution in [2.45, 2.75) is 25.7 Å². The lowest BCUT2D eigenvalue weighted by Crippen LogP contribution is -1.97. The zero-order chi connectivity index (χ0) is 8.84. The van der Waals surface area contributed by atoms with Crippen molar-refractivity contribution >= 4 is 5.65 Å². The zero-order valence-electron chi connectivity index (χ0n) is 7.57. The molecule has 0 bridgehead atoms. The van der Waals surface area contributed by atoms with Gasteiger partial charge >= 0.3 is 0 Å². The van der Waals surface area contributed by atoms with Crippen LogP contribution in [-0.4, -0.2) is 14.6 Å². The minimum Gasteiger partial charge on any atom is -0.234 e. The first-order valence-electron chi connectivity index (χ1n) is 4.65. The molecular weight excluding hydrogens is 162 g/mol. The summed E-state index contributed by atoms with van der Waals surface area (Å²) in [6.07, 6.45) is 6.54. The number of hydrogen-bond acceptors (Lipinski definition) is 2. The van der Waals surface area contributed by atoms with Gasteiger partial charge in [0.25, 0.3) is 0 Å². The maximum Gasteiger partial charge on any atom is 0.155 e. The molecule has 0 spiro atoms. The molecule has 0 amide bonds. The molecule has 2 heterocycles. The SMILES string of the molecule is Cc1nc2ccnn2cc1C1CC1. The zero-order valence-corrected chi connectivity index (χ0v) is 7.57. The molecule has 1 aliphatic carbocycles. The highest BCUT2D eigenvalue weighted by atomic mass is 15.2. The van der Waals surface area contributed by atoms with Crippen molar-refractivity contribution in [1.82, 2.24) is 14.6 Å². The standard InChI is InChI=1S/C10H11N3/c1-7-9(8-2-3-8)6-13-10(12-7)4-5-11-13/h4-6,8H,2-3H2,1H3. The fourth-order valence-corrected chi connectivity index (χ4v) is 1.75. The van der Waals surface area contributed by atoms with Gasteiger partial charge in [0, 0.05) is 18.0 Å². The van der Waals surface area contributed by atoms with Gasteiger partial charge in [0.2, 0.25) is 0 Å². The lowest BCUT2D eigenvalue weighted by atomic mass is 10.1. The van der Waals surface area contributed by atoms with Gasteiger partial charge in [0.15, 0.2) is 5.65 Å². The van der Waals surface area contributed by atoms with Gasteiger partial charge in [0.1, 0.15) is 0 Å². The number of hydrogen-bond donors (Lipinski definition) is 0. The van der Waals surface area contributed by atoms with E-state index in [0.717, 1.165) is 17.3 Å². The second kappa shape index (κ2) is 2.31. The summed E-state index contributed by atoms with van der Waals surface area (Å²) in [4.78, 5) is 4.50. The van der Waals surface area contributed by atoms with E-state index in [-0.39, 0.29) is 0 Å². The third kappa shape index (κ3) is 1.03. The smallest absolute Gasteiger partial charge is 0.155 e. The highest BCUT2D eigenvalue weighted by molar-refractivity contribution is 5.40. The Labute approximate surface area is 76.4 Å². The molecule has 2 aromatic rings. The van der Waals surface area contributed by atoms with Gasteiger partial charge in [-0.2, -0.15) is 5.10 Å². The van der Waals surface area contributed by atoms with Crippen LogP contribution in [0.1, 0.15) is 30.0 Å². The topological polar surface area (TPSA) is 30.2 Å². The molecule has 0 atom stereocenters. The summed E-state index contributed by atoms with van der Waals surface area (Å²) < 4.78 is 1.86. The van der Waals surface area contributed by atoms with Crippen molar-refractivity contribution in [3.8, 4) is 0 Å². The third-order valence-electron chi connectivity index (χ3n) is 2.63. The molecule has 0 saturated heterocycles. The Morgan fingerprint density at radius 3 is 3.08 bits per heavy atom. The normalized spacial score (nSPS) is 16.7. The van der Waals surface area contributed by atoms with Gasteiger partial charge in [-0.3, -0.25) is 0 Å². The molecule has 0 aliphatic heterocycles. The molecule has 1 saturated carbocycles.